The highest BCUT2D eigenvalue weighted by Crippen LogP contribution is 2.55. The summed E-state index contributed by atoms with van der Waals surface area (Å²) < 4.78 is 36.6. The SMILES string of the molecule is COCCS(=O)c1sc2nc(-c3cnc[n+](C4CCC4S(=O)c4sc5nc(-c6cncnc6)cc(C6CCC6)c5c4N)c3)cc(C3CCC4CC3C4)c2c1N. The fourth-order valence-electron chi connectivity index (χ4n) is 9.21. The summed E-state index contributed by atoms with van der Waals surface area (Å²) in [5.74, 6) is 2.70. The van der Waals surface area contributed by atoms with Gasteiger partial charge in [-0.25, -0.2) is 24.5 Å². The predicted octanol–water partition coefficient (Wildman–Crippen LogP) is 7.31. The second-order valence-corrected chi connectivity index (χ2v) is 21.3. The monoisotopic (exact) mass is 811 g/mol. The highest BCUT2D eigenvalue weighted by molar-refractivity contribution is 7.88. The van der Waals surface area contributed by atoms with Crippen molar-refractivity contribution in [3.63, 3.8) is 0 Å². The van der Waals surface area contributed by atoms with Gasteiger partial charge in [-0.2, -0.15) is 0 Å². The summed E-state index contributed by atoms with van der Waals surface area (Å²) in [4.78, 5) is 24.9. The number of nitrogens with zero attached hydrogens (tertiary/aromatic N) is 6. The molecule has 6 heterocycles. The van der Waals surface area contributed by atoms with Crippen molar-refractivity contribution in [1.82, 2.24) is 24.9 Å². The van der Waals surface area contributed by atoms with Crippen molar-refractivity contribution in [2.75, 3.05) is 30.9 Å². The van der Waals surface area contributed by atoms with Crippen LogP contribution >= 0.6 is 22.7 Å². The molecule has 15 heteroatoms. The van der Waals surface area contributed by atoms with Crippen molar-refractivity contribution in [3.05, 3.63) is 60.7 Å². The van der Waals surface area contributed by atoms with Gasteiger partial charge in [0.2, 0.25) is 0 Å². The molecule has 4 N–H and O–H groups in total. The first-order valence-electron chi connectivity index (χ1n) is 19.2. The average molecular weight is 812 g/mol. The van der Waals surface area contributed by atoms with E-state index in [1.165, 1.54) is 65.8 Å². The maximum Gasteiger partial charge on any atom is 0.286 e. The van der Waals surface area contributed by atoms with Crippen LogP contribution in [-0.4, -0.2) is 58.1 Å². The topological polar surface area (TPSA) is 164 Å². The maximum absolute atomic E-state index is 14.5. The van der Waals surface area contributed by atoms with E-state index in [0.717, 1.165) is 81.0 Å². The number of anilines is 2. The standard InChI is InChI=1S/C40H43N8O3S4/c1-51-9-10-54(49)39-35(41)34-28(26-6-5-21-11-23(26)12-21)14-30(47-38(34)52-39)25-17-45-20-48(18-25)31-7-8-32(31)55(50)40-36(42)33-27(22-3-2-4-22)13-29(46-37(33)53-40)24-15-43-19-44-16-24/h13-23,26,31-32H,2-12,41-42H2,1H3/q+1. The molecule has 0 saturated heterocycles. The molecule has 0 aromatic carbocycles. The highest BCUT2D eigenvalue weighted by atomic mass is 32.2. The van der Waals surface area contributed by atoms with Crippen LogP contribution in [-0.2, 0) is 26.3 Å². The summed E-state index contributed by atoms with van der Waals surface area (Å²) in [5.41, 5.74) is 20.8. The van der Waals surface area contributed by atoms with E-state index in [4.69, 9.17) is 31.2 Å². The summed E-state index contributed by atoms with van der Waals surface area (Å²) >= 11 is 2.90. The van der Waals surface area contributed by atoms with Crippen LogP contribution in [0.4, 0.5) is 11.4 Å². The number of methoxy groups -OCH3 is 1. The van der Waals surface area contributed by atoms with Gasteiger partial charge in [0.1, 0.15) is 36.6 Å². The van der Waals surface area contributed by atoms with E-state index in [0.29, 0.717) is 49.9 Å². The quantitative estimate of drug-likeness (QED) is 0.127. The number of thiophene rings is 2. The number of aromatic nitrogens is 6. The minimum atomic E-state index is -1.34. The molecule has 0 aliphatic heterocycles. The fourth-order valence-corrected chi connectivity index (χ4v) is 15.1. The van der Waals surface area contributed by atoms with Crippen LogP contribution in [0.3, 0.4) is 0 Å². The summed E-state index contributed by atoms with van der Waals surface area (Å²) in [7, 11) is -0.992. The van der Waals surface area contributed by atoms with Gasteiger partial charge in [-0.15, -0.1) is 22.7 Å². The molecule has 5 aliphatic carbocycles. The minimum Gasteiger partial charge on any atom is -0.396 e. The molecule has 11 rings (SSSR count). The molecule has 6 aromatic rings. The Morgan fingerprint density at radius 2 is 1.53 bits per heavy atom. The van der Waals surface area contributed by atoms with E-state index in [2.05, 4.69) is 32.9 Å². The van der Waals surface area contributed by atoms with Crippen LogP contribution in [0.2, 0.25) is 0 Å². The Balaban J connectivity index is 0.986. The zero-order valence-electron chi connectivity index (χ0n) is 30.6. The Labute approximate surface area is 332 Å². The van der Waals surface area contributed by atoms with Gasteiger partial charge >= 0.3 is 0 Å². The van der Waals surface area contributed by atoms with E-state index >= 15 is 0 Å². The van der Waals surface area contributed by atoms with Crippen molar-refractivity contribution in [2.45, 2.75) is 89.3 Å². The smallest absolute Gasteiger partial charge is 0.286 e. The molecule has 5 aliphatic rings. The third kappa shape index (κ3) is 6.12. The normalized spacial score (nSPS) is 24.6. The van der Waals surface area contributed by atoms with Crippen LogP contribution < -0.4 is 16.0 Å². The Hall–Kier alpha value is -3.76. The summed E-state index contributed by atoms with van der Waals surface area (Å²) in [6, 6.07) is 4.35. The van der Waals surface area contributed by atoms with E-state index in [1.54, 1.807) is 19.5 Å². The molecule has 55 heavy (non-hydrogen) atoms. The van der Waals surface area contributed by atoms with Crippen molar-refractivity contribution in [3.8, 4) is 22.5 Å². The molecule has 0 radical (unpaired) electrons. The second-order valence-electron chi connectivity index (χ2n) is 15.6. The molecule has 5 saturated carbocycles. The summed E-state index contributed by atoms with van der Waals surface area (Å²) in [5, 5.41) is 1.81. The Morgan fingerprint density at radius 3 is 2.20 bits per heavy atom. The lowest BCUT2D eigenvalue weighted by atomic mass is 9.58. The van der Waals surface area contributed by atoms with Gasteiger partial charge in [-0.3, -0.25) is 8.42 Å². The van der Waals surface area contributed by atoms with Gasteiger partial charge in [0.05, 0.1) is 67.5 Å². The van der Waals surface area contributed by atoms with Crippen molar-refractivity contribution < 1.29 is 17.7 Å². The fraction of sp³-hybridized carbons (Fsp3) is 0.450. The van der Waals surface area contributed by atoms with Crippen LogP contribution in [0, 0.1) is 11.8 Å². The number of hydrogen-bond acceptors (Lipinski definition) is 12. The molecule has 284 valence electrons. The first kappa shape index (κ1) is 35.6. The minimum absolute atomic E-state index is 0.00497. The number of ether oxygens (including phenoxy) is 1. The number of nitrogens with two attached hydrogens (primary N) is 2. The van der Waals surface area contributed by atoms with Gasteiger partial charge in [0.15, 0.2) is 6.20 Å². The number of nitrogen functional groups attached to an aromatic ring is 2. The van der Waals surface area contributed by atoms with Gasteiger partial charge in [-0.05, 0) is 98.3 Å². The highest BCUT2D eigenvalue weighted by Gasteiger charge is 2.44. The lowest BCUT2D eigenvalue weighted by Crippen LogP contribution is -2.53. The number of rotatable bonds is 11. The van der Waals surface area contributed by atoms with E-state index in [1.807, 2.05) is 12.5 Å². The first-order chi connectivity index (χ1) is 26.9. The number of pyridine rings is 2. The largest absolute Gasteiger partial charge is 0.396 e. The van der Waals surface area contributed by atoms with E-state index in [-0.39, 0.29) is 11.3 Å². The summed E-state index contributed by atoms with van der Waals surface area (Å²) in [6.45, 7) is 0.402. The number of hydrogen-bond donors (Lipinski definition) is 2. The lowest BCUT2D eigenvalue weighted by molar-refractivity contribution is -0.733. The Bertz CT molecular complexity index is 2490. The number of fused-ring (bicyclic) bond motifs is 4. The maximum atomic E-state index is 14.5. The molecule has 0 spiro atoms. The first-order valence-corrected chi connectivity index (χ1v) is 23.4. The Morgan fingerprint density at radius 1 is 0.836 bits per heavy atom. The van der Waals surface area contributed by atoms with Gasteiger partial charge in [0, 0.05) is 35.8 Å². The molecule has 6 aromatic heterocycles. The molecule has 2 bridgehead atoms. The zero-order valence-corrected chi connectivity index (χ0v) is 33.8. The van der Waals surface area contributed by atoms with Crippen molar-refractivity contribution in [2.24, 2.45) is 11.8 Å². The van der Waals surface area contributed by atoms with Crippen molar-refractivity contribution in [1.29, 1.82) is 0 Å². The predicted molar refractivity (Wildman–Crippen MR) is 219 cm³/mol. The Kier molecular flexibility index (Phi) is 9.28. The van der Waals surface area contributed by atoms with Crippen LogP contribution in [0.15, 0.2) is 58.0 Å². The molecule has 11 nitrogen and oxygen atoms in total. The molecule has 0 amide bonds. The van der Waals surface area contributed by atoms with Crippen LogP contribution in [0.5, 0.6) is 0 Å². The molecule has 5 unspecified atom stereocenters. The molecular formula is C40H43N8O3S4+. The third-order valence-electron chi connectivity index (χ3n) is 12.6. The second kappa shape index (κ2) is 14.3. The van der Waals surface area contributed by atoms with Crippen molar-refractivity contribution >= 4 is 76.1 Å². The zero-order chi connectivity index (χ0) is 37.4. The average Bonchev–Trinajstić information content (AvgIpc) is 3.68. The van der Waals surface area contributed by atoms with Gasteiger partial charge in [-0.1, -0.05) is 11.4 Å². The molecule has 5 fully saturated rings. The third-order valence-corrected chi connectivity index (χ3v) is 18.8. The van der Waals surface area contributed by atoms with Crippen LogP contribution in [0.25, 0.3) is 42.9 Å². The summed E-state index contributed by atoms with van der Waals surface area (Å²) in [6.07, 6.45) is 20.9. The van der Waals surface area contributed by atoms with Gasteiger partial charge in [0.25, 0.3) is 6.33 Å². The molecular weight excluding hydrogens is 769 g/mol. The molecule has 5 atom stereocenters. The van der Waals surface area contributed by atoms with E-state index < -0.39 is 21.6 Å². The lowest BCUT2D eigenvalue weighted by Gasteiger charge is -2.47. The van der Waals surface area contributed by atoms with Crippen LogP contribution in [0.1, 0.15) is 86.8 Å². The van der Waals surface area contributed by atoms with Gasteiger partial charge < -0.3 is 16.2 Å². The van der Waals surface area contributed by atoms with E-state index in [9.17, 15) is 8.42 Å².